The van der Waals surface area contributed by atoms with Gasteiger partial charge in [0.25, 0.3) is 5.60 Å². The van der Waals surface area contributed by atoms with E-state index in [0.717, 1.165) is 23.4 Å². The summed E-state index contributed by atoms with van der Waals surface area (Å²) < 4.78 is 77.9. The number of alkyl halides is 6. The van der Waals surface area contributed by atoms with Crippen LogP contribution in [0.25, 0.3) is 0 Å². The molecule has 0 radical (unpaired) electrons. The van der Waals surface area contributed by atoms with Crippen LogP contribution in [0.2, 0.25) is 0 Å². The van der Waals surface area contributed by atoms with E-state index in [4.69, 9.17) is 0 Å². The lowest BCUT2D eigenvalue weighted by molar-refractivity contribution is -0.376. The molecule has 2 aromatic rings. The molecule has 0 saturated carbocycles. The molecule has 0 spiro atoms. The van der Waals surface area contributed by atoms with E-state index in [0.29, 0.717) is 36.3 Å². The minimum atomic E-state index is -5.91. The number of aliphatic hydroxyl groups is 1. The number of carbonyl (C=O) groups is 1. The van der Waals surface area contributed by atoms with E-state index in [1.54, 1.807) is 12.1 Å². The SMILES string of the molecule is CC.CC(=O)Nc1ccc2c(c1)CCN2Cc1ccc(C(O)(C(F)(F)F)C(F)(F)F)cc1. The largest absolute Gasteiger partial charge is 0.430 e. The van der Waals surface area contributed by atoms with Gasteiger partial charge in [0.2, 0.25) is 5.91 Å². The standard InChI is InChI=1S/C20H18F6N2O2.C2H6/c1-12(29)27-16-6-7-17-14(10-16)8-9-28(17)11-13-2-4-15(5-3-13)18(30,19(21,22)23)20(24,25)26;1-2/h2-7,10,30H,8-9,11H2,1H3,(H,27,29);1-2H3. The zero-order valence-electron chi connectivity index (χ0n) is 17.7. The number of carbonyl (C=O) groups excluding carboxylic acids is 1. The molecule has 0 fully saturated rings. The van der Waals surface area contributed by atoms with Gasteiger partial charge in [-0.05, 0) is 35.7 Å². The van der Waals surface area contributed by atoms with Crippen molar-refractivity contribution >= 4 is 17.3 Å². The minimum Gasteiger partial charge on any atom is -0.369 e. The zero-order chi connectivity index (χ0) is 24.3. The second kappa shape index (κ2) is 9.40. The molecule has 1 aliphatic rings. The Balaban J connectivity index is 0.00000176. The van der Waals surface area contributed by atoms with Gasteiger partial charge >= 0.3 is 12.4 Å². The minimum absolute atomic E-state index is 0.206. The maximum atomic E-state index is 13.0. The van der Waals surface area contributed by atoms with Crippen molar-refractivity contribution < 1.29 is 36.2 Å². The number of anilines is 2. The van der Waals surface area contributed by atoms with Crippen LogP contribution in [0, 0.1) is 0 Å². The summed E-state index contributed by atoms with van der Waals surface area (Å²) in [5.41, 5.74) is -3.24. The first-order valence-corrected chi connectivity index (χ1v) is 9.93. The van der Waals surface area contributed by atoms with E-state index in [-0.39, 0.29) is 12.5 Å². The van der Waals surface area contributed by atoms with E-state index < -0.39 is 23.5 Å². The maximum absolute atomic E-state index is 13.0. The molecule has 1 amide bonds. The van der Waals surface area contributed by atoms with Gasteiger partial charge in [-0.25, -0.2) is 0 Å². The van der Waals surface area contributed by atoms with Crippen LogP contribution in [0.3, 0.4) is 0 Å². The van der Waals surface area contributed by atoms with Crippen molar-refractivity contribution in [3.05, 3.63) is 59.2 Å². The van der Waals surface area contributed by atoms with Gasteiger partial charge in [-0.15, -0.1) is 0 Å². The fraction of sp³-hybridized carbons (Fsp3) is 0.409. The summed E-state index contributed by atoms with van der Waals surface area (Å²) in [7, 11) is 0. The first-order chi connectivity index (χ1) is 14.8. The third-order valence-electron chi connectivity index (χ3n) is 4.96. The Hall–Kier alpha value is -2.75. The molecule has 2 N–H and O–H groups in total. The van der Waals surface area contributed by atoms with E-state index in [9.17, 15) is 36.2 Å². The molecule has 0 aromatic heterocycles. The van der Waals surface area contributed by atoms with Crippen LogP contribution in [0.15, 0.2) is 42.5 Å². The van der Waals surface area contributed by atoms with Crippen LogP contribution < -0.4 is 10.2 Å². The van der Waals surface area contributed by atoms with Crippen LogP contribution in [0.5, 0.6) is 0 Å². The van der Waals surface area contributed by atoms with Gasteiger partial charge in [-0.2, -0.15) is 26.3 Å². The fourth-order valence-electron chi connectivity index (χ4n) is 3.48. The second-order valence-electron chi connectivity index (χ2n) is 7.10. The van der Waals surface area contributed by atoms with E-state index in [2.05, 4.69) is 5.32 Å². The average molecular weight is 462 g/mol. The molecule has 0 saturated heterocycles. The zero-order valence-corrected chi connectivity index (χ0v) is 17.7. The molecule has 10 heteroatoms. The van der Waals surface area contributed by atoms with Crippen molar-refractivity contribution in [2.24, 2.45) is 0 Å². The Morgan fingerprint density at radius 2 is 1.56 bits per heavy atom. The number of hydrogen-bond donors (Lipinski definition) is 2. The third kappa shape index (κ3) is 5.01. The van der Waals surface area contributed by atoms with Crippen molar-refractivity contribution in [3.8, 4) is 0 Å². The Kier molecular flexibility index (Phi) is 7.49. The Labute approximate surface area is 181 Å². The van der Waals surface area contributed by atoms with Crippen LogP contribution in [-0.4, -0.2) is 29.9 Å². The number of nitrogens with zero attached hydrogens (tertiary/aromatic N) is 1. The lowest BCUT2D eigenvalue weighted by atomic mass is 9.91. The molecule has 0 bridgehead atoms. The lowest BCUT2D eigenvalue weighted by Gasteiger charge is -2.32. The number of hydrogen-bond acceptors (Lipinski definition) is 3. The summed E-state index contributed by atoms with van der Waals surface area (Å²) in [6.45, 7) is 6.26. The second-order valence-corrected chi connectivity index (χ2v) is 7.10. The highest BCUT2D eigenvalue weighted by atomic mass is 19.4. The maximum Gasteiger partial charge on any atom is 0.430 e. The first-order valence-electron chi connectivity index (χ1n) is 9.93. The van der Waals surface area contributed by atoms with Crippen LogP contribution in [0.1, 0.15) is 37.5 Å². The molecule has 32 heavy (non-hydrogen) atoms. The van der Waals surface area contributed by atoms with Gasteiger partial charge in [0, 0.05) is 37.0 Å². The molecule has 0 atom stereocenters. The van der Waals surface area contributed by atoms with Gasteiger partial charge in [0.15, 0.2) is 0 Å². The summed E-state index contributed by atoms with van der Waals surface area (Å²) in [5, 5.41) is 12.1. The van der Waals surface area contributed by atoms with Gasteiger partial charge < -0.3 is 15.3 Å². The number of halogens is 6. The molecule has 2 aromatic carbocycles. The predicted molar refractivity (Wildman–Crippen MR) is 109 cm³/mol. The van der Waals surface area contributed by atoms with Gasteiger partial charge in [0.1, 0.15) is 0 Å². The van der Waals surface area contributed by atoms with Crippen LogP contribution in [0.4, 0.5) is 37.7 Å². The number of nitrogens with one attached hydrogen (secondary N) is 1. The third-order valence-corrected chi connectivity index (χ3v) is 4.96. The van der Waals surface area contributed by atoms with Crippen LogP contribution >= 0.6 is 0 Å². The number of amides is 1. The molecular formula is C22H24F6N2O2. The number of rotatable bonds is 4. The molecule has 0 unspecified atom stereocenters. The Bertz CT molecular complexity index is 925. The summed E-state index contributed by atoms with van der Waals surface area (Å²) >= 11 is 0. The molecule has 4 nitrogen and oxygen atoms in total. The summed E-state index contributed by atoms with van der Waals surface area (Å²) in [6.07, 6.45) is -11.1. The van der Waals surface area contributed by atoms with Crippen molar-refractivity contribution in [2.75, 3.05) is 16.8 Å². The summed E-state index contributed by atoms with van der Waals surface area (Å²) in [4.78, 5) is 13.1. The Morgan fingerprint density at radius 1 is 1.00 bits per heavy atom. The van der Waals surface area contributed by atoms with E-state index in [1.807, 2.05) is 24.8 Å². The summed E-state index contributed by atoms with van der Waals surface area (Å²) in [5.74, 6) is -0.206. The first kappa shape index (κ1) is 25.5. The highest BCUT2D eigenvalue weighted by Gasteiger charge is 2.71. The molecule has 1 heterocycles. The lowest BCUT2D eigenvalue weighted by Crippen LogP contribution is -2.53. The molecule has 0 aliphatic carbocycles. The van der Waals surface area contributed by atoms with Crippen molar-refractivity contribution in [3.63, 3.8) is 0 Å². The molecular weight excluding hydrogens is 438 g/mol. The quantitative estimate of drug-likeness (QED) is 0.587. The number of fused-ring (bicyclic) bond motifs is 1. The highest BCUT2D eigenvalue weighted by molar-refractivity contribution is 5.89. The summed E-state index contributed by atoms with van der Waals surface area (Å²) in [6, 6.07) is 8.91. The average Bonchev–Trinajstić information content (AvgIpc) is 3.09. The van der Waals surface area contributed by atoms with Gasteiger partial charge in [0.05, 0.1) is 0 Å². The predicted octanol–water partition coefficient (Wildman–Crippen LogP) is 5.55. The van der Waals surface area contributed by atoms with E-state index >= 15 is 0 Å². The van der Waals surface area contributed by atoms with E-state index in [1.165, 1.54) is 6.92 Å². The monoisotopic (exact) mass is 462 g/mol. The van der Waals surface area contributed by atoms with Gasteiger partial charge in [-0.1, -0.05) is 38.1 Å². The molecule has 1 aliphatic heterocycles. The topological polar surface area (TPSA) is 52.6 Å². The number of benzene rings is 2. The van der Waals surface area contributed by atoms with Gasteiger partial charge in [-0.3, -0.25) is 4.79 Å². The van der Waals surface area contributed by atoms with Crippen molar-refractivity contribution in [2.45, 2.75) is 51.7 Å². The molecule has 176 valence electrons. The van der Waals surface area contributed by atoms with Crippen LogP contribution in [-0.2, 0) is 23.4 Å². The normalized spacial score (nSPS) is 13.9. The Morgan fingerprint density at radius 3 is 2.06 bits per heavy atom. The fourth-order valence-corrected chi connectivity index (χ4v) is 3.48. The van der Waals surface area contributed by atoms with Crippen molar-refractivity contribution in [1.29, 1.82) is 0 Å². The smallest absolute Gasteiger partial charge is 0.369 e. The molecule has 3 rings (SSSR count). The highest BCUT2D eigenvalue weighted by Crippen LogP contribution is 2.50. The van der Waals surface area contributed by atoms with Crippen molar-refractivity contribution in [1.82, 2.24) is 0 Å².